The summed E-state index contributed by atoms with van der Waals surface area (Å²) in [4.78, 5) is 2.19. The lowest BCUT2D eigenvalue weighted by Crippen LogP contribution is -2.30. The highest BCUT2D eigenvalue weighted by Gasteiger charge is 2.32. The van der Waals surface area contributed by atoms with E-state index in [0.717, 1.165) is 43.3 Å². The minimum Gasteiger partial charge on any atom is -0.371 e. The fraction of sp³-hybridized carbons (Fsp3) is 0.250. The van der Waals surface area contributed by atoms with Crippen LogP contribution in [0.2, 0.25) is 0 Å². The Bertz CT molecular complexity index is 804. The summed E-state index contributed by atoms with van der Waals surface area (Å²) in [6.45, 7) is 1.51. The van der Waals surface area contributed by atoms with Gasteiger partial charge in [0.2, 0.25) is 0 Å². The lowest BCUT2D eigenvalue weighted by atomic mass is 9.98. The number of benzene rings is 2. The Morgan fingerprint density at radius 1 is 0.960 bits per heavy atom. The van der Waals surface area contributed by atoms with E-state index in [4.69, 9.17) is 5.26 Å². The van der Waals surface area contributed by atoms with Crippen LogP contribution in [0.25, 0.3) is 6.08 Å². The van der Waals surface area contributed by atoms with Gasteiger partial charge >= 0.3 is 6.18 Å². The van der Waals surface area contributed by atoms with Gasteiger partial charge in [-0.15, -0.1) is 0 Å². The second kappa shape index (κ2) is 7.02. The summed E-state index contributed by atoms with van der Waals surface area (Å²) in [6.07, 6.45) is -1.20. The van der Waals surface area contributed by atoms with Crippen LogP contribution in [0.5, 0.6) is 0 Å². The molecule has 1 aliphatic rings. The first-order valence-electron chi connectivity index (χ1n) is 8.08. The summed E-state index contributed by atoms with van der Waals surface area (Å²) in [7, 11) is 0. The van der Waals surface area contributed by atoms with Gasteiger partial charge in [-0.1, -0.05) is 29.8 Å². The maximum absolute atomic E-state index is 13.1. The Hall–Kier alpha value is -2.74. The van der Waals surface area contributed by atoms with Crippen LogP contribution in [-0.2, 0) is 6.18 Å². The Morgan fingerprint density at radius 3 is 2.20 bits per heavy atom. The molecule has 0 aliphatic carbocycles. The van der Waals surface area contributed by atoms with Gasteiger partial charge in [-0.25, -0.2) is 0 Å². The van der Waals surface area contributed by atoms with E-state index < -0.39 is 11.7 Å². The normalized spacial score (nSPS) is 15.0. The smallest absolute Gasteiger partial charge is 0.371 e. The third-order valence-electron chi connectivity index (χ3n) is 4.39. The predicted octanol–water partition coefficient (Wildman–Crippen LogP) is 5.26. The van der Waals surface area contributed by atoms with Gasteiger partial charge in [-0.2, -0.15) is 18.4 Å². The molecule has 0 radical (unpaired) electrons. The second-order valence-corrected chi connectivity index (χ2v) is 6.03. The van der Waals surface area contributed by atoms with E-state index in [9.17, 15) is 13.2 Å². The summed E-state index contributed by atoms with van der Waals surface area (Å²) in [5.41, 5.74) is 2.33. The summed E-state index contributed by atoms with van der Waals surface area (Å²) < 4.78 is 39.3. The Kier molecular flexibility index (Phi) is 4.80. The first kappa shape index (κ1) is 17.1. The number of rotatable bonds is 2. The van der Waals surface area contributed by atoms with Crippen molar-refractivity contribution in [1.29, 1.82) is 5.26 Å². The molecule has 0 bridgehead atoms. The van der Waals surface area contributed by atoms with Crippen molar-refractivity contribution in [3.8, 4) is 6.07 Å². The molecule has 1 saturated heterocycles. The maximum atomic E-state index is 13.1. The lowest BCUT2D eigenvalue weighted by Gasteiger charge is -2.30. The van der Waals surface area contributed by atoms with E-state index in [1.807, 2.05) is 12.1 Å². The standard InChI is InChI=1S/C20H17F3N2/c21-20(22,23)19-4-2-1-3-17(19)13-15-9-11-25(12-10-15)18-7-5-16(14-24)6-8-18/h1-8,13H,9-12H2. The average Bonchev–Trinajstić information content (AvgIpc) is 2.62. The van der Waals surface area contributed by atoms with Crippen molar-refractivity contribution >= 4 is 11.8 Å². The summed E-state index contributed by atoms with van der Waals surface area (Å²) in [6, 6.07) is 15.2. The molecule has 0 N–H and O–H groups in total. The number of anilines is 1. The van der Waals surface area contributed by atoms with E-state index in [0.29, 0.717) is 5.56 Å². The molecule has 128 valence electrons. The monoisotopic (exact) mass is 342 g/mol. The van der Waals surface area contributed by atoms with Gasteiger partial charge in [0.15, 0.2) is 0 Å². The molecule has 2 aromatic carbocycles. The third kappa shape index (κ3) is 4.03. The average molecular weight is 342 g/mol. The van der Waals surface area contributed by atoms with Gasteiger partial charge in [-0.3, -0.25) is 0 Å². The molecule has 2 aromatic rings. The molecule has 5 heteroatoms. The zero-order valence-electron chi connectivity index (χ0n) is 13.6. The third-order valence-corrected chi connectivity index (χ3v) is 4.39. The Morgan fingerprint density at radius 2 is 1.60 bits per heavy atom. The highest BCUT2D eigenvalue weighted by Crippen LogP contribution is 2.34. The van der Waals surface area contributed by atoms with Crippen molar-refractivity contribution in [3.05, 3.63) is 70.8 Å². The van der Waals surface area contributed by atoms with Crippen LogP contribution < -0.4 is 4.90 Å². The molecular formula is C20H17F3N2. The SMILES string of the molecule is N#Cc1ccc(N2CCC(=Cc3ccccc3C(F)(F)F)CC2)cc1. The molecule has 0 aromatic heterocycles. The molecule has 2 nitrogen and oxygen atoms in total. The highest BCUT2D eigenvalue weighted by atomic mass is 19.4. The van der Waals surface area contributed by atoms with Gasteiger partial charge in [-0.05, 0) is 48.7 Å². The van der Waals surface area contributed by atoms with Crippen molar-refractivity contribution in [1.82, 2.24) is 0 Å². The van der Waals surface area contributed by atoms with Gasteiger partial charge in [0.1, 0.15) is 0 Å². The number of hydrogen-bond donors (Lipinski definition) is 0. The van der Waals surface area contributed by atoms with Crippen molar-refractivity contribution in [2.45, 2.75) is 19.0 Å². The molecule has 1 heterocycles. The molecule has 0 spiro atoms. The summed E-state index contributed by atoms with van der Waals surface area (Å²) in [5.74, 6) is 0. The molecule has 25 heavy (non-hydrogen) atoms. The lowest BCUT2D eigenvalue weighted by molar-refractivity contribution is -0.137. The number of halogens is 3. The number of hydrogen-bond acceptors (Lipinski definition) is 2. The van der Waals surface area contributed by atoms with Crippen LogP contribution in [0.1, 0.15) is 29.5 Å². The van der Waals surface area contributed by atoms with E-state index in [2.05, 4.69) is 11.0 Å². The zero-order chi connectivity index (χ0) is 17.9. The van der Waals surface area contributed by atoms with Crippen LogP contribution in [-0.4, -0.2) is 13.1 Å². The van der Waals surface area contributed by atoms with E-state index >= 15 is 0 Å². The van der Waals surface area contributed by atoms with Gasteiger partial charge in [0.05, 0.1) is 17.2 Å². The van der Waals surface area contributed by atoms with Crippen molar-refractivity contribution in [2.24, 2.45) is 0 Å². The topological polar surface area (TPSA) is 27.0 Å². The fourth-order valence-electron chi connectivity index (χ4n) is 3.04. The first-order chi connectivity index (χ1) is 12.0. The molecule has 1 aliphatic heterocycles. The number of alkyl halides is 3. The number of nitriles is 1. The number of piperidine rings is 1. The van der Waals surface area contributed by atoms with Gasteiger partial charge in [0.25, 0.3) is 0 Å². The van der Waals surface area contributed by atoms with Gasteiger partial charge in [0, 0.05) is 18.8 Å². The zero-order valence-corrected chi connectivity index (χ0v) is 13.6. The fourth-order valence-corrected chi connectivity index (χ4v) is 3.04. The summed E-state index contributed by atoms with van der Waals surface area (Å²) >= 11 is 0. The first-order valence-corrected chi connectivity index (χ1v) is 8.08. The molecule has 0 saturated carbocycles. The van der Waals surface area contributed by atoms with Gasteiger partial charge < -0.3 is 4.90 Å². The molecule has 0 atom stereocenters. The molecule has 1 fully saturated rings. The summed E-state index contributed by atoms with van der Waals surface area (Å²) in [5, 5.41) is 8.84. The molecule has 3 rings (SSSR count). The second-order valence-electron chi connectivity index (χ2n) is 6.03. The van der Waals surface area contributed by atoms with Crippen LogP contribution in [0.3, 0.4) is 0 Å². The van der Waals surface area contributed by atoms with E-state index in [1.165, 1.54) is 12.1 Å². The van der Waals surface area contributed by atoms with E-state index in [-0.39, 0.29) is 5.56 Å². The predicted molar refractivity (Wildman–Crippen MR) is 92.0 cm³/mol. The Balaban J connectivity index is 1.72. The number of nitrogens with zero attached hydrogens (tertiary/aromatic N) is 2. The molecule has 0 unspecified atom stereocenters. The van der Waals surface area contributed by atoms with Crippen LogP contribution >= 0.6 is 0 Å². The van der Waals surface area contributed by atoms with Crippen molar-refractivity contribution in [2.75, 3.05) is 18.0 Å². The van der Waals surface area contributed by atoms with Crippen molar-refractivity contribution < 1.29 is 13.2 Å². The molecular weight excluding hydrogens is 325 g/mol. The van der Waals surface area contributed by atoms with E-state index in [1.54, 1.807) is 24.3 Å². The van der Waals surface area contributed by atoms with Crippen molar-refractivity contribution in [3.63, 3.8) is 0 Å². The van der Waals surface area contributed by atoms with Crippen LogP contribution in [0, 0.1) is 11.3 Å². The quantitative estimate of drug-likeness (QED) is 0.744. The largest absolute Gasteiger partial charge is 0.416 e. The Labute approximate surface area is 144 Å². The minimum absolute atomic E-state index is 0.233. The molecule has 0 amide bonds. The van der Waals surface area contributed by atoms with Crippen LogP contribution in [0.15, 0.2) is 54.1 Å². The highest BCUT2D eigenvalue weighted by molar-refractivity contribution is 5.59. The minimum atomic E-state index is -4.34. The van der Waals surface area contributed by atoms with Crippen LogP contribution in [0.4, 0.5) is 18.9 Å². The maximum Gasteiger partial charge on any atom is 0.416 e.